The van der Waals surface area contributed by atoms with Gasteiger partial charge in [0.25, 0.3) is 5.91 Å². The summed E-state index contributed by atoms with van der Waals surface area (Å²) >= 11 is 0. The molecule has 2 aromatic rings. The minimum Gasteiger partial charge on any atom is -0.390 e. The predicted octanol–water partition coefficient (Wildman–Crippen LogP) is 4.41. The molecule has 2 aromatic carbocycles. The van der Waals surface area contributed by atoms with Gasteiger partial charge >= 0.3 is 0 Å². The van der Waals surface area contributed by atoms with E-state index in [2.05, 4.69) is 66.5 Å². The minimum absolute atomic E-state index is 0.0891. The lowest BCUT2D eigenvalue weighted by Gasteiger charge is -2.41. The van der Waals surface area contributed by atoms with Gasteiger partial charge in [-0.15, -0.1) is 0 Å². The molecular weight excluding hydrogens is 410 g/mol. The molecule has 0 saturated heterocycles. The summed E-state index contributed by atoms with van der Waals surface area (Å²) in [6, 6.07) is 15.6. The first kappa shape index (κ1) is 22.4. The molecular formula is C28H37N3O2. The van der Waals surface area contributed by atoms with Gasteiger partial charge in [-0.2, -0.15) is 0 Å². The normalized spacial score (nSPS) is 22.9. The summed E-state index contributed by atoms with van der Waals surface area (Å²) in [6.07, 6.45) is 4.64. The van der Waals surface area contributed by atoms with Crippen LogP contribution in [0.15, 0.2) is 42.5 Å². The Morgan fingerprint density at radius 3 is 2.58 bits per heavy atom. The van der Waals surface area contributed by atoms with Crippen molar-refractivity contribution in [2.45, 2.75) is 76.6 Å². The number of rotatable bonds is 8. The Labute approximate surface area is 197 Å². The van der Waals surface area contributed by atoms with Gasteiger partial charge in [0, 0.05) is 49.5 Å². The van der Waals surface area contributed by atoms with E-state index in [1.165, 1.54) is 16.7 Å². The van der Waals surface area contributed by atoms with Gasteiger partial charge in [-0.25, -0.2) is 0 Å². The molecule has 0 spiro atoms. The zero-order valence-electron chi connectivity index (χ0n) is 20.0. The molecule has 3 aliphatic heterocycles. The molecule has 5 nitrogen and oxygen atoms in total. The van der Waals surface area contributed by atoms with Crippen LogP contribution in [-0.4, -0.2) is 58.6 Å². The first-order chi connectivity index (χ1) is 16.1. The number of benzene rings is 2. The number of nitrogens with zero attached hydrogens (tertiary/aromatic N) is 2. The lowest BCUT2D eigenvalue weighted by molar-refractivity contribution is 0.0280. The zero-order valence-corrected chi connectivity index (χ0v) is 20.0. The molecule has 0 unspecified atom stereocenters. The Kier molecular flexibility index (Phi) is 6.44. The molecule has 6 rings (SSSR count). The summed E-state index contributed by atoms with van der Waals surface area (Å²) in [6.45, 7) is 7.24. The Morgan fingerprint density at radius 1 is 1.06 bits per heavy atom. The second kappa shape index (κ2) is 9.47. The predicted molar refractivity (Wildman–Crippen MR) is 133 cm³/mol. The molecule has 3 heterocycles. The van der Waals surface area contributed by atoms with E-state index in [9.17, 15) is 9.90 Å². The molecule has 1 fully saturated rings. The summed E-state index contributed by atoms with van der Waals surface area (Å²) in [5, 5.41) is 14.6. The molecule has 176 valence electrons. The second-order valence-electron chi connectivity index (χ2n) is 10.1. The van der Waals surface area contributed by atoms with Crippen molar-refractivity contribution in [2.75, 3.05) is 25.0 Å². The third kappa shape index (κ3) is 4.53. The number of carbonyl (C=O) groups is 1. The van der Waals surface area contributed by atoms with Crippen molar-refractivity contribution in [2.24, 2.45) is 0 Å². The SMILES string of the molecule is CCC(CC)Nc1ccc2c(c1)C(=O)N(C[C@H](O)CN1CCc3ccccc3C1)C1CC2C1. The molecule has 1 aliphatic carbocycles. The number of anilines is 1. The van der Waals surface area contributed by atoms with E-state index in [0.29, 0.717) is 25.0 Å². The molecule has 33 heavy (non-hydrogen) atoms. The number of β-amino-alcohol motifs (C(OH)–C–C–N with tert-alkyl or cyclic N) is 1. The number of aliphatic hydroxyl groups excluding tert-OH is 1. The summed E-state index contributed by atoms with van der Waals surface area (Å²) in [5.41, 5.74) is 5.82. The average Bonchev–Trinajstić information content (AvgIpc) is 2.98. The number of amides is 1. The molecule has 4 aliphatic rings. The van der Waals surface area contributed by atoms with Gasteiger partial charge < -0.3 is 15.3 Å². The highest BCUT2D eigenvalue weighted by Crippen LogP contribution is 2.45. The third-order valence-electron chi connectivity index (χ3n) is 7.98. The molecule has 1 atom stereocenters. The Hall–Kier alpha value is -2.37. The Morgan fingerprint density at radius 2 is 1.82 bits per heavy atom. The van der Waals surface area contributed by atoms with E-state index >= 15 is 0 Å². The van der Waals surface area contributed by atoms with Crippen molar-refractivity contribution < 1.29 is 9.90 Å². The molecule has 2 N–H and O–H groups in total. The van der Waals surface area contributed by atoms with Crippen molar-refractivity contribution in [3.63, 3.8) is 0 Å². The molecule has 5 heteroatoms. The van der Waals surface area contributed by atoms with Crippen LogP contribution in [0.2, 0.25) is 0 Å². The summed E-state index contributed by atoms with van der Waals surface area (Å²) in [5.74, 6) is 0.558. The van der Waals surface area contributed by atoms with Crippen molar-refractivity contribution in [3.8, 4) is 0 Å². The third-order valence-corrected chi connectivity index (χ3v) is 7.98. The van der Waals surface area contributed by atoms with E-state index in [-0.39, 0.29) is 11.9 Å². The Bertz CT molecular complexity index is 996. The molecule has 0 aromatic heterocycles. The standard InChI is InChI=1S/C28H37N3O2/c1-3-22(4-2)29-23-9-10-26-21-13-24(14-21)31(28(33)27(26)15-23)18-25(32)17-30-12-11-19-7-5-6-8-20(19)16-30/h5-10,15,21-22,24-25,29,32H,3-4,11-14,16-18H2,1-2H3/t21?,24?,25-/m1/s1. The summed E-state index contributed by atoms with van der Waals surface area (Å²) in [7, 11) is 0. The number of hydrogen-bond donors (Lipinski definition) is 2. The monoisotopic (exact) mass is 447 g/mol. The van der Waals surface area contributed by atoms with Crippen LogP contribution < -0.4 is 5.32 Å². The summed E-state index contributed by atoms with van der Waals surface area (Å²) < 4.78 is 0. The maximum atomic E-state index is 13.6. The fourth-order valence-electron chi connectivity index (χ4n) is 5.86. The molecule has 1 saturated carbocycles. The van der Waals surface area contributed by atoms with E-state index < -0.39 is 6.10 Å². The maximum absolute atomic E-state index is 13.6. The van der Waals surface area contributed by atoms with E-state index in [4.69, 9.17) is 0 Å². The second-order valence-corrected chi connectivity index (χ2v) is 10.1. The first-order valence-electron chi connectivity index (χ1n) is 12.7. The van der Waals surface area contributed by atoms with Gasteiger partial charge in [-0.3, -0.25) is 9.69 Å². The summed E-state index contributed by atoms with van der Waals surface area (Å²) in [4.78, 5) is 17.9. The quantitative estimate of drug-likeness (QED) is 0.630. The number of aliphatic hydroxyl groups is 1. The highest BCUT2D eigenvalue weighted by Gasteiger charge is 2.43. The van der Waals surface area contributed by atoms with Crippen LogP contribution in [-0.2, 0) is 13.0 Å². The highest BCUT2D eigenvalue weighted by molar-refractivity contribution is 5.98. The largest absolute Gasteiger partial charge is 0.390 e. The van der Waals surface area contributed by atoms with E-state index in [1.807, 2.05) is 4.90 Å². The first-order valence-corrected chi connectivity index (χ1v) is 12.7. The number of nitrogens with one attached hydrogen (secondary N) is 1. The average molecular weight is 448 g/mol. The lowest BCUT2D eigenvalue weighted by atomic mass is 9.75. The van der Waals surface area contributed by atoms with Gasteiger partial charge in [0.15, 0.2) is 0 Å². The number of carbonyl (C=O) groups excluding carboxylic acids is 1. The number of fused-ring (bicyclic) bond motifs is 2. The fourth-order valence-corrected chi connectivity index (χ4v) is 5.86. The van der Waals surface area contributed by atoms with E-state index in [1.54, 1.807) is 0 Å². The van der Waals surface area contributed by atoms with Gasteiger partial charge in [-0.05, 0) is 66.8 Å². The van der Waals surface area contributed by atoms with Crippen molar-refractivity contribution in [3.05, 3.63) is 64.7 Å². The smallest absolute Gasteiger partial charge is 0.254 e. The van der Waals surface area contributed by atoms with E-state index in [0.717, 1.165) is 56.4 Å². The van der Waals surface area contributed by atoms with Crippen molar-refractivity contribution in [1.29, 1.82) is 0 Å². The van der Waals surface area contributed by atoms with Crippen molar-refractivity contribution in [1.82, 2.24) is 9.80 Å². The van der Waals surface area contributed by atoms with Crippen LogP contribution in [0.5, 0.6) is 0 Å². The Balaban J connectivity index is 1.27. The van der Waals surface area contributed by atoms with Crippen LogP contribution in [0, 0.1) is 0 Å². The van der Waals surface area contributed by atoms with Gasteiger partial charge in [0.1, 0.15) is 0 Å². The number of hydrogen-bond acceptors (Lipinski definition) is 4. The van der Waals surface area contributed by atoms with Crippen LogP contribution in [0.3, 0.4) is 0 Å². The van der Waals surface area contributed by atoms with Gasteiger partial charge in [-0.1, -0.05) is 44.2 Å². The maximum Gasteiger partial charge on any atom is 0.254 e. The minimum atomic E-state index is -0.536. The van der Waals surface area contributed by atoms with Crippen LogP contribution in [0.25, 0.3) is 0 Å². The van der Waals surface area contributed by atoms with Gasteiger partial charge in [0.2, 0.25) is 0 Å². The van der Waals surface area contributed by atoms with Crippen LogP contribution >= 0.6 is 0 Å². The van der Waals surface area contributed by atoms with Crippen LogP contribution in [0.1, 0.15) is 72.5 Å². The van der Waals surface area contributed by atoms with Crippen molar-refractivity contribution >= 4 is 11.6 Å². The molecule has 0 radical (unpaired) electrons. The van der Waals surface area contributed by atoms with Gasteiger partial charge in [0.05, 0.1) is 6.10 Å². The fraction of sp³-hybridized carbons (Fsp3) is 0.536. The highest BCUT2D eigenvalue weighted by atomic mass is 16.3. The molecule has 1 amide bonds. The lowest BCUT2D eigenvalue weighted by Crippen LogP contribution is -2.49. The topological polar surface area (TPSA) is 55.8 Å². The molecule has 2 bridgehead atoms. The zero-order chi connectivity index (χ0) is 22.9. The van der Waals surface area contributed by atoms with Crippen LogP contribution in [0.4, 0.5) is 5.69 Å².